The van der Waals surface area contributed by atoms with Gasteiger partial charge in [-0.3, -0.25) is 14.4 Å². The Morgan fingerprint density at radius 3 is 1.28 bits per heavy atom. The summed E-state index contributed by atoms with van der Waals surface area (Å²) in [5, 5.41) is 0. The van der Waals surface area contributed by atoms with E-state index >= 15 is 0 Å². The quantitative estimate of drug-likeness (QED) is 0.0202. The molecule has 0 aromatic rings. The molecular weight excluding hydrogens is 721 g/mol. The highest BCUT2D eigenvalue weighted by Gasteiger charge is 2.19. The fourth-order valence-corrected chi connectivity index (χ4v) is 5.70. The molecule has 6 heteroatoms. The van der Waals surface area contributed by atoms with Gasteiger partial charge in [0.25, 0.3) is 0 Å². The molecule has 0 heterocycles. The highest BCUT2D eigenvalue weighted by Crippen LogP contribution is 2.12. The van der Waals surface area contributed by atoms with Crippen molar-refractivity contribution >= 4 is 17.9 Å². The number of rotatable bonds is 39. The highest BCUT2D eigenvalue weighted by molar-refractivity contribution is 5.71. The molecule has 0 aromatic heterocycles. The zero-order valence-electron chi connectivity index (χ0n) is 37.0. The summed E-state index contributed by atoms with van der Waals surface area (Å²) in [7, 11) is 0. The summed E-state index contributed by atoms with van der Waals surface area (Å²) in [5.74, 6) is -1.07. The average Bonchev–Trinajstić information content (AvgIpc) is 3.22. The molecule has 0 saturated heterocycles. The van der Waals surface area contributed by atoms with Crippen LogP contribution >= 0.6 is 0 Å². The van der Waals surface area contributed by atoms with Crippen molar-refractivity contribution in [1.82, 2.24) is 0 Å². The molecule has 0 N–H and O–H groups in total. The van der Waals surface area contributed by atoms with Crippen molar-refractivity contribution in [3.63, 3.8) is 0 Å². The van der Waals surface area contributed by atoms with Crippen LogP contribution in [0.4, 0.5) is 0 Å². The van der Waals surface area contributed by atoms with Crippen molar-refractivity contribution in [3.8, 4) is 0 Å². The second kappa shape index (κ2) is 45.8. The van der Waals surface area contributed by atoms with Crippen LogP contribution < -0.4 is 0 Å². The number of esters is 3. The lowest BCUT2D eigenvalue weighted by molar-refractivity contribution is -0.167. The van der Waals surface area contributed by atoms with Crippen LogP contribution in [-0.2, 0) is 28.6 Å². The van der Waals surface area contributed by atoms with Crippen LogP contribution in [0, 0.1) is 0 Å². The number of carbonyl (C=O) groups excluding carboxylic acids is 3. The maximum Gasteiger partial charge on any atom is 0.306 e. The number of hydrogen-bond donors (Lipinski definition) is 0. The van der Waals surface area contributed by atoms with Gasteiger partial charge in [0, 0.05) is 19.3 Å². The van der Waals surface area contributed by atoms with Crippen LogP contribution in [0.3, 0.4) is 0 Å². The molecule has 0 saturated carbocycles. The molecule has 0 aromatic carbocycles. The average molecular weight is 803 g/mol. The molecule has 0 spiro atoms. The van der Waals surface area contributed by atoms with Crippen LogP contribution in [0.1, 0.15) is 181 Å². The van der Waals surface area contributed by atoms with E-state index in [9.17, 15) is 14.4 Å². The maximum absolute atomic E-state index is 12.7. The molecule has 0 fully saturated rings. The molecule has 6 nitrogen and oxygen atoms in total. The van der Waals surface area contributed by atoms with Gasteiger partial charge >= 0.3 is 17.9 Å². The first-order chi connectivity index (χ1) is 28.5. The molecule has 0 rings (SSSR count). The Kier molecular flexibility index (Phi) is 42.7. The Morgan fingerprint density at radius 1 is 0.379 bits per heavy atom. The summed E-state index contributed by atoms with van der Waals surface area (Å²) in [6, 6.07) is 0. The molecule has 0 aliphatic rings. The summed E-state index contributed by atoms with van der Waals surface area (Å²) in [6.07, 6.45) is 60.8. The third-order valence-electron chi connectivity index (χ3n) is 9.14. The standard InChI is InChI=1S/C52H82O6/c1-4-7-10-13-16-19-22-24-25-26-27-29-30-33-36-39-42-45-51(54)57-48-49(47-56-50(53)44-41-38-35-32-21-18-15-12-9-6-3)58-52(55)46-43-40-37-34-31-28-23-20-17-14-11-8-5-2/h8,11,14,16-17,19-20,23-25,27-29,31,33-34,36-37,49H,4-7,9-10,12-13,15,18,21-22,26,30,32,35,38-48H2,1-3H3/b11-8-,17-14-,19-16-,23-20-,25-24-,29-27-,31-28-,36-33-,37-34-. The summed E-state index contributed by atoms with van der Waals surface area (Å²) in [5.41, 5.74) is 0. The van der Waals surface area contributed by atoms with E-state index in [1.807, 2.05) is 54.7 Å². The molecule has 0 radical (unpaired) electrons. The summed E-state index contributed by atoms with van der Waals surface area (Å²) in [6.45, 7) is 6.31. The Morgan fingerprint density at radius 2 is 0.759 bits per heavy atom. The highest BCUT2D eigenvalue weighted by atomic mass is 16.6. The zero-order chi connectivity index (χ0) is 42.3. The topological polar surface area (TPSA) is 78.9 Å². The second-order valence-corrected chi connectivity index (χ2v) is 14.7. The summed E-state index contributed by atoms with van der Waals surface area (Å²) >= 11 is 0. The lowest BCUT2D eigenvalue weighted by atomic mass is 10.1. The largest absolute Gasteiger partial charge is 0.462 e. The molecule has 0 bridgehead atoms. The van der Waals surface area contributed by atoms with E-state index < -0.39 is 12.1 Å². The van der Waals surface area contributed by atoms with E-state index in [1.54, 1.807) is 0 Å². The molecular formula is C52H82O6. The van der Waals surface area contributed by atoms with Gasteiger partial charge in [-0.1, -0.05) is 201 Å². The first-order valence-corrected chi connectivity index (χ1v) is 23.0. The Bertz CT molecular complexity index is 1240. The molecule has 1 atom stereocenters. The zero-order valence-corrected chi connectivity index (χ0v) is 37.0. The fraction of sp³-hybridized carbons (Fsp3) is 0.596. The van der Waals surface area contributed by atoms with Crippen LogP contribution in [-0.4, -0.2) is 37.2 Å². The van der Waals surface area contributed by atoms with Crippen molar-refractivity contribution in [2.24, 2.45) is 0 Å². The Hall–Kier alpha value is -3.93. The van der Waals surface area contributed by atoms with Crippen LogP contribution in [0.15, 0.2) is 109 Å². The van der Waals surface area contributed by atoms with Gasteiger partial charge in [-0.2, -0.15) is 0 Å². The maximum atomic E-state index is 12.7. The van der Waals surface area contributed by atoms with Crippen molar-refractivity contribution < 1.29 is 28.6 Å². The number of unbranched alkanes of at least 4 members (excludes halogenated alkanes) is 14. The van der Waals surface area contributed by atoms with E-state index in [0.717, 1.165) is 57.8 Å². The number of allylic oxidation sites excluding steroid dienone is 18. The lowest BCUT2D eigenvalue weighted by Gasteiger charge is -2.18. The lowest BCUT2D eigenvalue weighted by Crippen LogP contribution is -2.30. The number of ether oxygens (including phenoxy) is 3. The predicted octanol–water partition coefficient (Wildman–Crippen LogP) is 14.8. The van der Waals surface area contributed by atoms with Gasteiger partial charge in [0.2, 0.25) is 0 Å². The molecule has 326 valence electrons. The Labute approximate surface area is 355 Å². The van der Waals surface area contributed by atoms with Gasteiger partial charge < -0.3 is 14.2 Å². The first kappa shape index (κ1) is 54.1. The number of hydrogen-bond acceptors (Lipinski definition) is 6. The SMILES string of the molecule is CC\C=C/C=C\C=C/C=C\C=C/CCCC(=O)OC(COC(=O)CCC/C=C\C/C=C\C/C=C\C/C=C\CCCCC)COC(=O)CCCCCCCCCCCC. The van der Waals surface area contributed by atoms with Crippen molar-refractivity contribution in [3.05, 3.63) is 109 Å². The fourth-order valence-electron chi connectivity index (χ4n) is 5.70. The minimum atomic E-state index is -0.835. The smallest absolute Gasteiger partial charge is 0.306 e. The van der Waals surface area contributed by atoms with Crippen molar-refractivity contribution in [1.29, 1.82) is 0 Å². The van der Waals surface area contributed by atoms with Crippen LogP contribution in [0.2, 0.25) is 0 Å². The van der Waals surface area contributed by atoms with Gasteiger partial charge in [-0.05, 0) is 70.6 Å². The minimum Gasteiger partial charge on any atom is -0.462 e. The second-order valence-electron chi connectivity index (χ2n) is 14.7. The predicted molar refractivity (Wildman–Crippen MR) is 247 cm³/mol. The van der Waals surface area contributed by atoms with Crippen molar-refractivity contribution in [2.45, 2.75) is 187 Å². The molecule has 0 aliphatic carbocycles. The monoisotopic (exact) mass is 803 g/mol. The first-order valence-electron chi connectivity index (χ1n) is 23.0. The van der Waals surface area contributed by atoms with Gasteiger partial charge in [-0.25, -0.2) is 0 Å². The summed E-state index contributed by atoms with van der Waals surface area (Å²) < 4.78 is 16.6. The molecule has 58 heavy (non-hydrogen) atoms. The third kappa shape index (κ3) is 43.2. The number of carbonyl (C=O) groups is 3. The van der Waals surface area contributed by atoms with E-state index in [0.29, 0.717) is 19.3 Å². The van der Waals surface area contributed by atoms with Crippen LogP contribution in [0.25, 0.3) is 0 Å². The molecule has 0 amide bonds. The third-order valence-corrected chi connectivity index (χ3v) is 9.14. The van der Waals surface area contributed by atoms with Gasteiger partial charge in [0.15, 0.2) is 6.10 Å². The van der Waals surface area contributed by atoms with E-state index in [4.69, 9.17) is 14.2 Å². The molecule has 0 aliphatic heterocycles. The Balaban J connectivity index is 4.59. The van der Waals surface area contributed by atoms with Crippen molar-refractivity contribution in [2.75, 3.05) is 13.2 Å². The van der Waals surface area contributed by atoms with Gasteiger partial charge in [0.05, 0.1) is 0 Å². The van der Waals surface area contributed by atoms with Crippen LogP contribution in [0.5, 0.6) is 0 Å². The van der Waals surface area contributed by atoms with Gasteiger partial charge in [0.1, 0.15) is 13.2 Å². The summed E-state index contributed by atoms with van der Waals surface area (Å²) in [4.78, 5) is 37.7. The normalized spacial score (nSPS) is 13.1. The minimum absolute atomic E-state index is 0.125. The van der Waals surface area contributed by atoms with E-state index in [2.05, 4.69) is 75.5 Å². The molecule has 1 unspecified atom stereocenters. The van der Waals surface area contributed by atoms with E-state index in [-0.39, 0.29) is 38.0 Å². The van der Waals surface area contributed by atoms with Gasteiger partial charge in [-0.15, -0.1) is 0 Å². The van der Waals surface area contributed by atoms with E-state index in [1.165, 1.54) is 70.6 Å².